The molecule has 0 aliphatic carbocycles. The van der Waals surface area contributed by atoms with Crippen LogP contribution in [0.2, 0.25) is 0 Å². The minimum absolute atomic E-state index is 0.0606. The van der Waals surface area contributed by atoms with Crippen LogP contribution in [0.1, 0.15) is 54.6 Å². The van der Waals surface area contributed by atoms with Crippen molar-refractivity contribution in [3.63, 3.8) is 0 Å². The maximum Gasteiger partial charge on any atom is 0.341 e. The summed E-state index contributed by atoms with van der Waals surface area (Å²) in [5.74, 6) is -1.85. The van der Waals surface area contributed by atoms with Crippen molar-refractivity contribution in [2.45, 2.75) is 38.6 Å². The number of carboxylic acids is 1. The summed E-state index contributed by atoms with van der Waals surface area (Å²) in [4.78, 5) is 24.4. The molecular weight excluding hydrogens is 445 g/mol. The quantitative estimate of drug-likeness (QED) is 0.608. The Hall–Kier alpha value is -2.91. The molecule has 9 heteroatoms. The van der Waals surface area contributed by atoms with E-state index < -0.39 is 22.8 Å². The first-order valence-corrected chi connectivity index (χ1v) is 11.3. The molecule has 184 valence electrons. The Bertz CT molecular complexity index is 1160. The standard InChI is InChI=1S/C25H30FNO7/c1-25(2)6-9-33-13-17-14-10-19(34-8-5-7-31-3)18(32-4)11-15(14)21-20(26)22(28)16(24(29)30)12-27(21)23(17)25/h10-12,17,23H,5-9,13H2,1-4H3,(H,29,30)/t17-,23+/m1/s1. The van der Waals surface area contributed by atoms with Gasteiger partial charge in [-0.05, 0) is 29.5 Å². The van der Waals surface area contributed by atoms with Crippen LogP contribution in [0.5, 0.6) is 11.5 Å². The fourth-order valence-electron chi connectivity index (χ4n) is 5.14. The molecule has 34 heavy (non-hydrogen) atoms. The van der Waals surface area contributed by atoms with Gasteiger partial charge in [0, 0.05) is 50.5 Å². The first-order chi connectivity index (χ1) is 16.2. The molecule has 3 heterocycles. The molecule has 4 rings (SSSR count). The summed E-state index contributed by atoms with van der Waals surface area (Å²) < 4.78 is 39.7. The van der Waals surface area contributed by atoms with Gasteiger partial charge in [0.1, 0.15) is 5.56 Å². The van der Waals surface area contributed by atoms with Crippen LogP contribution in [0.25, 0.3) is 11.3 Å². The van der Waals surface area contributed by atoms with Gasteiger partial charge in [-0.15, -0.1) is 0 Å². The Balaban J connectivity index is 1.97. The van der Waals surface area contributed by atoms with Crippen LogP contribution >= 0.6 is 0 Å². The van der Waals surface area contributed by atoms with Crippen LogP contribution in [-0.4, -0.2) is 56.3 Å². The third-order valence-electron chi connectivity index (χ3n) is 6.82. The van der Waals surface area contributed by atoms with Crippen LogP contribution in [0.3, 0.4) is 0 Å². The van der Waals surface area contributed by atoms with Gasteiger partial charge in [0.2, 0.25) is 5.43 Å². The van der Waals surface area contributed by atoms with E-state index in [0.717, 1.165) is 5.56 Å². The van der Waals surface area contributed by atoms with Gasteiger partial charge < -0.3 is 28.6 Å². The largest absolute Gasteiger partial charge is 0.493 e. The number of benzene rings is 1. The number of rotatable bonds is 7. The maximum atomic E-state index is 15.6. The number of aromatic nitrogens is 1. The van der Waals surface area contributed by atoms with E-state index in [1.807, 2.05) is 6.07 Å². The minimum Gasteiger partial charge on any atom is -0.493 e. The molecule has 1 fully saturated rings. The molecular formula is C25H30FNO7. The van der Waals surface area contributed by atoms with Gasteiger partial charge in [-0.3, -0.25) is 4.79 Å². The van der Waals surface area contributed by atoms with E-state index in [9.17, 15) is 14.7 Å². The number of pyridine rings is 1. The summed E-state index contributed by atoms with van der Waals surface area (Å²) in [6.45, 7) is 5.95. The number of fused-ring (bicyclic) bond motifs is 6. The van der Waals surface area contributed by atoms with Crippen molar-refractivity contribution in [3.8, 4) is 22.8 Å². The number of carbonyl (C=O) groups is 1. The summed E-state index contributed by atoms with van der Waals surface area (Å²) in [5, 5.41) is 9.56. The zero-order chi connectivity index (χ0) is 24.6. The van der Waals surface area contributed by atoms with Crippen LogP contribution < -0.4 is 14.9 Å². The third kappa shape index (κ3) is 4.07. The molecule has 0 bridgehead atoms. The van der Waals surface area contributed by atoms with Crippen molar-refractivity contribution < 1.29 is 33.2 Å². The summed E-state index contributed by atoms with van der Waals surface area (Å²) in [6.07, 6.45) is 2.65. The molecule has 0 radical (unpaired) electrons. The van der Waals surface area contributed by atoms with Crippen LogP contribution in [0, 0.1) is 11.2 Å². The highest BCUT2D eigenvalue weighted by atomic mass is 19.1. The summed E-state index contributed by atoms with van der Waals surface area (Å²) in [6, 6.07) is 3.16. The predicted octanol–water partition coefficient (Wildman–Crippen LogP) is 3.86. The second-order valence-corrected chi connectivity index (χ2v) is 9.40. The Morgan fingerprint density at radius 2 is 2.03 bits per heavy atom. The molecule has 1 N–H and O–H groups in total. The van der Waals surface area contributed by atoms with Crippen molar-refractivity contribution >= 4 is 5.97 Å². The Morgan fingerprint density at radius 1 is 1.26 bits per heavy atom. The number of methoxy groups -OCH3 is 2. The molecule has 1 aromatic heterocycles. The van der Waals surface area contributed by atoms with Gasteiger partial charge >= 0.3 is 5.97 Å². The van der Waals surface area contributed by atoms with Crippen molar-refractivity contribution in [2.75, 3.05) is 40.6 Å². The summed E-state index contributed by atoms with van der Waals surface area (Å²) in [7, 11) is 3.11. The summed E-state index contributed by atoms with van der Waals surface area (Å²) in [5.41, 5.74) is -0.784. The molecule has 0 amide bonds. The Kier molecular flexibility index (Phi) is 6.69. The molecule has 0 saturated carbocycles. The molecule has 8 nitrogen and oxygen atoms in total. The van der Waals surface area contributed by atoms with E-state index in [2.05, 4.69) is 13.8 Å². The lowest BCUT2D eigenvalue weighted by Gasteiger charge is -2.44. The van der Waals surface area contributed by atoms with E-state index in [0.29, 0.717) is 56.3 Å². The lowest BCUT2D eigenvalue weighted by Crippen LogP contribution is -2.38. The topological polar surface area (TPSA) is 96.2 Å². The highest BCUT2D eigenvalue weighted by molar-refractivity contribution is 5.88. The number of halogens is 1. The van der Waals surface area contributed by atoms with Crippen molar-refractivity contribution in [1.82, 2.24) is 4.57 Å². The minimum atomic E-state index is -1.46. The van der Waals surface area contributed by atoms with Gasteiger partial charge in [0.25, 0.3) is 0 Å². The molecule has 2 aliphatic rings. The summed E-state index contributed by atoms with van der Waals surface area (Å²) >= 11 is 0. The smallest absolute Gasteiger partial charge is 0.341 e. The first-order valence-electron chi connectivity index (χ1n) is 11.3. The van der Waals surface area contributed by atoms with Crippen LogP contribution in [0.15, 0.2) is 23.1 Å². The SMILES string of the molecule is COCCCOc1cc2c(cc1OC)-c1c(F)c(=O)c(C(=O)O)cn1[C@H]1[C@@H]2COCCC1(C)C. The predicted molar refractivity (Wildman–Crippen MR) is 123 cm³/mol. The van der Waals surface area contributed by atoms with Gasteiger partial charge in [-0.2, -0.15) is 0 Å². The fourth-order valence-corrected chi connectivity index (χ4v) is 5.14. The number of carboxylic acid groups (broad SMARTS) is 1. The van der Waals surface area contributed by atoms with Crippen LogP contribution in [0.4, 0.5) is 4.39 Å². The van der Waals surface area contributed by atoms with Crippen molar-refractivity contribution in [3.05, 3.63) is 45.5 Å². The van der Waals surface area contributed by atoms with E-state index in [-0.39, 0.29) is 23.1 Å². The lowest BCUT2D eigenvalue weighted by molar-refractivity contribution is 0.0692. The van der Waals surface area contributed by atoms with Crippen molar-refractivity contribution in [1.29, 1.82) is 0 Å². The molecule has 2 aromatic rings. The van der Waals surface area contributed by atoms with E-state index >= 15 is 4.39 Å². The average Bonchev–Trinajstić information content (AvgIpc) is 2.96. The number of nitrogens with zero attached hydrogens (tertiary/aromatic N) is 1. The normalized spacial score (nSPS) is 20.5. The number of hydrogen-bond donors (Lipinski definition) is 1. The van der Waals surface area contributed by atoms with E-state index in [4.69, 9.17) is 18.9 Å². The van der Waals surface area contributed by atoms with Crippen LogP contribution in [-0.2, 0) is 9.47 Å². The molecule has 2 atom stereocenters. The Morgan fingerprint density at radius 3 is 2.71 bits per heavy atom. The van der Waals surface area contributed by atoms with E-state index in [1.165, 1.54) is 13.3 Å². The average molecular weight is 476 g/mol. The molecule has 0 unspecified atom stereocenters. The highest BCUT2D eigenvalue weighted by Gasteiger charge is 2.46. The first kappa shape index (κ1) is 24.2. The molecule has 1 aromatic carbocycles. The van der Waals surface area contributed by atoms with Gasteiger partial charge in [-0.25, -0.2) is 9.18 Å². The van der Waals surface area contributed by atoms with E-state index in [1.54, 1.807) is 17.7 Å². The Labute approximate surface area is 197 Å². The van der Waals surface area contributed by atoms with Gasteiger partial charge in [0.15, 0.2) is 17.3 Å². The highest BCUT2D eigenvalue weighted by Crippen LogP contribution is 2.54. The molecule has 2 aliphatic heterocycles. The molecule has 1 saturated heterocycles. The number of hydrogen-bond acceptors (Lipinski definition) is 6. The number of aromatic carboxylic acids is 1. The third-order valence-corrected chi connectivity index (χ3v) is 6.82. The van der Waals surface area contributed by atoms with Gasteiger partial charge in [0.05, 0.1) is 26.0 Å². The zero-order valence-electron chi connectivity index (χ0n) is 19.9. The second-order valence-electron chi connectivity index (χ2n) is 9.40. The number of ether oxygens (including phenoxy) is 4. The monoisotopic (exact) mass is 475 g/mol. The lowest BCUT2D eigenvalue weighted by atomic mass is 9.70. The fraction of sp³-hybridized carbons (Fsp3) is 0.520. The zero-order valence-corrected chi connectivity index (χ0v) is 19.9. The second kappa shape index (κ2) is 9.38. The molecule has 0 spiro atoms. The van der Waals surface area contributed by atoms with Crippen molar-refractivity contribution in [2.24, 2.45) is 5.41 Å². The maximum absolute atomic E-state index is 15.6. The van der Waals surface area contributed by atoms with Gasteiger partial charge in [-0.1, -0.05) is 13.8 Å².